The fourth-order valence-corrected chi connectivity index (χ4v) is 2.74. The Morgan fingerprint density at radius 1 is 1.69 bits per heavy atom. The Morgan fingerprint density at radius 3 is 2.94 bits per heavy atom. The van der Waals surface area contributed by atoms with Gasteiger partial charge >= 0.3 is 0 Å². The topological polar surface area (TPSA) is 42.0 Å². The molecule has 1 rings (SSSR count). The number of carbonyl (C=O) groups is 1. The van der Waals surface area contributed by atoms with Crippen LogP contribution in [0, 0.1) is 12.8 Å². The van der Waals surface area contributed by atoms with E-state index in [9.17, 15) is 4.79 Å². The third-order valence-corrected chi connectivity index (χ3v) is 3.86. The molecule has 0 aliphatic rings. The molecule has 0 spiro atoms. The molecule has 1 N–H and O–H groups in total. The van der Waals surface area contributed by atoms with Crippen molar-refractivity contribution >= 4 is 33.2 Å². The van der Waals surface area contributed by atoms with Crippen LogP contribution in [0.5, 0.6) is 0 Å². The number of amides is 1. The highest BCUT2D eigenvalue weighted by atomic mass is 79.9. The smallest absolute Gasteiger partial charge is 0.263 e. The first-order chi connectivity index (χ1) is 7.67. The van der Waals surface area contributed by atoms with Gasteiger partial charge in [0.2, 0.25) is 0 Å². The number of rotatable bonds is 6. The number of nitrogens with one attached hydrogen (secondary N) is 1. The van der Waals surface area contributed by atoms with Crippen LogP contribution in [-0.2, 0) is 0 Å². The third-order valence-electron chi connectivity index (χ3n) is 2.49. The van der Waals surface area contributed by atoms with Crippen molar-refractivity contribution in [2.45, 2.75) is 26.7 Å². The number of halogens is 1. The molecule has 0 fully saturated rings. The molecule has 1 aromatic rings. The Hall–Kier alpha value is -0.420. The summed E-state index contributed by atoms with van der Waals surface area (Å²) in [4.78, 5) is 16.5. The number of thiazole rings is 1. The minimum atomic E-state index is -0.00128. The monoisotopic (exact) mass is 304 g/mol. The van der Waals surface area contributed by atoms with Gasteiger partial charge in [-0.2, -0.15) is 0 Å². The Labute approximate surface area is 109 Å². The predicted molar refractivity (Wildman–Crippen MR) is 71.4 cm³/mol. The predicted octanol–water partition coefficient (Wildman–Crippen LogP) is 2.99. The first kappa shape index (κ1) is 13.6. The fraction of sp³-hybridized carbons (Fsp3) is 0.636. The molecule has 16 heavy (non-hydrogen) atoms. The molecule has 0 radical (unpaired) electrons. The average molecular weight is 305 g/mol. The van der Waals surface area contributed by atoms with Crippen molar-refractivity contribution in [2.24, 2.45) is 5.92 Å². The molecule has 0 saturated heterocycles. The fourth-order valence-electron chi connectivity index (χ4n) is 1.40. The standard InChI is InChI=1S/C11H17BrN2OS/c1-3-9(4-5-12)6-14-11(15)10-7-13-8(2)16-10/h7,9H,3-6H2,1-2H3,(H,14,15). The molecule has 5 heteroatoms. The van der Waals surface area contributed by atoms with Crippen molar-refractivity contribution in [3.63, 3.8) is 0 Å². The quantitative estimate of drug-likeness (QED) is 0.821. The van der Waals surface area contributed by atoms with Gasteiger partial charge < -0.3 is 5.32 Å². The summed E-state index contributed by atoms with van der Waals surface area (Å²) in [6.45, 7) is 4.80. The van der Waals surface area contributed by atoms with Crippen molar-refractivity contribution in [2.75, 3.05) is 11.9 Å². The van der Waals surface area contributed by atoms with Crippen molar-refractivity contribution in [3.8, 4) is 0 Å². The van der Waals surface area contributed by atoms with Gasteiger partial charge in [-0.3, -0.25) is 4.79 Å². The van der Waals surface area contributed by atoms with Gasteiger partial charge in [0.1, 0.15) is 4.88 Å². The van der Waals surface area contributed by atoms with E-state index >= 15 is 0 Å². The van der Waals surface area contributed by atoms with Gasteiger partial charge in [0, 0.05) is 11.9 Å². The molecule has 0 aliphatic carbocycles. The number of carbonyl (C=O) groups excluding carboxylic acids is 1. The van der Waals surface area contributed by atoms with Crippen LogP contribution in [-0.4, -0.2) is 22.8 Å². The van der Waals surface area contributed by atoms with Gasteiger partial charge in [-0.15, -0.1) is 11.3 Å². The largest absolute Gasteiger partial charge is 0.351 e. The summed E-state index contributed by atoms with van der Waals surface area (Å²) in [7, 11) is 0. The number of hydrogen-bond donors (Lipinski definition) is 1. The van der Waals surface area contributed by atoms with Crippen LogP contribution in [0.1, 0.15) is 34.4 Å². The molecule has 0 aromatic carbocycles. The summed E-state index contributed by atoms with van der Waals surface area (Å²) in [6.07, 6.45) is 3.83. The molecule has 0 bridgehead atoms. The Balaban J connectivity index is 2.40. The summed E-state index contributed by atoms with van der Waals surface area (Å²) >= 11 is 4.86. The van der Waals surface area contributed by atoms with E-state index in [1.807, 2.05) is 6.92 Å². The summed E-state index contributed by atoms with van der Waals surface area (Å²) < 4.78 is 0. The van der Waals surface area contributed by atoms with Crippen LogP contribution >= 0.6 is 27.3 Å². The number of alkyl halides is 1. The summed E-state index contributed by atoms with van der Waals surface area (Å²) in [5.74, 6) is 0.552. The minimum absolute atomic E-state index is 0.00128. The van der Waals surface area contributed by atoms with E-state index in [1.54, 1.807) is 6.20 Å². The maximum atomic E-state index is 11.7. The molecule has 1 amide bonds. The molecular formula is C11H17BrN2OS. The van der Waals surface area contributed by atoms with Gasteiger partial charge in [-0.05, 0) is 19.3 Å². The number of aromatic nitrogens is 1. The zero-order valence-electron chi connectivity index (χ0n) is 9.62. The van der Waals surface area contributed by atoms with Gasteiger partial charge in [-0.1, -0.05) is 29.3 Å². The number of nitrogens with zero attached hydrogens (tertiary/aromatic N) is 1. The highest BCUT2D eigenvalue weighted by molar-refractivity contribution is 9.09. The van der Waals surface area contributed by atoms with E-state index in [4.69, 9.17) is 0 Å². The second-order valence-electron chi connectivity index (χ2n) is 3.71. The number of hydrogen-bond acceptors (Lipinski definition) is 3. The highest BCUT2D eigenvalue weighted by Gasteiger charge is 2.11. The summed E-state index contributed by atoms with van der Waals surface area (Å²) in [5.41, 5.74) is 0. The van der Waals surface area contributed by atoms with E-state index in [2.05, 4.69) is 33.2 Å². The van der Waals surface area contributed by atoms with Crippen LogP contribution in [0.3, 0.4) is 0 Å². The lowest BCUT2D eigenvalue weighted by Gasteiger charge is -2.13. The van der Waals surface area contributed by atoms with Crippen molar-refractivity contribution in [1.29, 1.82) is 0 Å². The maximum Gasteiger partial charge on any atom is 0.263 e. The highest BCUT2D eigenvalue weighted by Crippen LogP contribution is 2.12. The molecule has 1 unspecified atom stereocenters. The van der Waals surface area contributed by atoms with Crippen LogP contribution in [0.25, 0.3) is 0 Å². The maximum absolute atomic E-state index is 11.7. The Kier molecular flexibility index (Phi) is 5.98. The average Bonchev–Trinajstić information content (AvgIpc) is 2.70. The lowest BCUT2D eigenvalue weighted by molar-refractivity contribution is 0.0950. The molecular weight excluding hydrogens is 288 g/mol. The molecule has 0 aliphatic heterocycles. The first-order valence-corrected chi connectivity index (χ1v) is 7.37. The number of aryl methyl sites for hydroxylation is 1. The molecule has 90 valence electrons. The van der Waals surface area contributed by atoms with Crippen LogP contribution in [0.15, 0.2) is 6.20 Å². The van der Waals surface area contributed by atoms with Gasteiger partial charge in [0.25, 0.3) is 5.91 Å². The summed E-state index contributed by atoms with van der Waals surface area (Å²) in [6, 6.07) is 0. The molecule has 3 nitrogen and oxygen atoms in total. The van der Waals surface area contributed by atoms with E-state index < -0.39 is 0 Å². The van der Waals surface area contributed by atoms with E-state index in [-0.39, 0.29) is 5.91 Å². The minimum Gasteiger partial charge on any atom is -0.351 e. The van der Waals surface area contributed by atoms with E-state index in [0.29, 0.717) is 10.8 Å². The van der Waals surface area contributed by atoms with Gasteiger partial charge in [0.15, 0.2) is 0 Å². The normalized spacial score (nSPS) is 12.4. The lowest BCUT2D eigenvalue weighted by Crippen LogP contribution is -2.28. The van der Waals surface area contributed by atoms with Crippen LogP contribution < -0.4 is 5.32 Å². The zero-order valence-corrected chi connectivity index (χ0v) is 12.0. The molecule has 1 atom stereocenters. The second-order valence-corrected chi connectivity index (χ2v) is 5.73. The summed E-state index contributed by atoms with van der Waals surface area (Å²) in [5, 5.41) is 4.87. The Bertz CT molecular complexity index is 340. The van der Waals surface area contributed by atoms with Gasteiger partial charge in [0.05, 0.1) is 11.2 Å². The van der Waals surface area contributed by atoms with Crippen LogP contribution in [0.2, 0.25) is 0 Å². The second kappa shape index (κ2) is 7.01. The van der Waals surface area contributed by atoms with E-state index in [0.717, 1.165) is 29.7 Å². The van der Waals surface area contributed by atoms with Gasteiger partial charge in [-0.25, -0.2) is 4.98 Å². The van der Waals surface area contributed by atoms with Crippen molar-refractivity contribution in [1.82, 2.24) is 10.3 Å². The SMILES string of the molecule is CCC(CCBr)CNC(=O)c1cnc(C)s1. The Morgan fingerprint density at radius 2 is 2.44 bits per heavy atom. The lowest BCUT2D eigenvalue weighted by atomic mass is 10.0. The molecule has 1 aromatic heterocycles. The van der Waals surface area contributed by atoms with Crippen molar-refractivity contribution < 1.29 is 4.79 Å². The molecule has 1 heterocycles. The third kappa shape index (κ3) is 4.22. The van der Waals surface area contributed by atoms with Crippen molar-refractivity contribution in [3.05, 3.63) is 16.1 Å². The van der Waals surface area contributed by atoms with E-state index in [1.165, 1.54) is 11.3 Å². The molecule has 0 saturated carbocycles. The zero-order chi connectivity index (χ0) is 12.0. The first-order valence-electron chi connectivity index (χ1n) is 5.44. The van der Waals surface area contributed by atoms with Crippen LogP contribution in [0.4, 0.5) is 0 Å².